The van der Waals surface area contributed by atoms with Gasteiger partial charge in [-0.05, 0) is 30.5 Å². The van der Waals surface area contributed by atoms with Gasteiger partial charge in [-0.25, -0.2) is 0 Å². The van der Waals surface area contributed by atoms with Gasteiger partial charge < -0.3 is 16.8 Å². The maximum Gasteiger partial charge on any atom is 0.231 e. The largest absolute Gasteiger partial charge is 0.369 e. The van der Waals surface area contributed by atoms with E-state index in [0.29, 0.717) is 12.2 Å². The van der Waals surface area contributed by atoms with Gasteiger partial charge in [0.2, 0.25) is 11.8 Å². The summed E-state index contributed by atoms with van der Waals surface area (Å²) in [6.45, 7) is 0.387. The molecular formula is C13H17N3O2. The van der Waals surface area contributed by atoms with Gasteiger partial charge in [-0.2, -0.15) is 0 Å². The molecule has 1 aromatic rings. The van der Waals surface area contributed by atoms with E-state index in [1.807, 2.05) is 0 Å². The highest BCUT2D eigenvalue weighted by atomic mass is 16.2. The van der Waals surface area contributed by atoms with E-state index in [1.165, 1.54) is 0 Å². The minimum absolute atomic E-state index is 0.0207. The van der Waals surface area contributed by atoms with Crippen molar-refractivity contribution in [2.45, 2.75) is 19.3 Å². The zero-order valence-electron chi connectivity index (χ0n) is 10.1. The van der Waals surface area contributed by atoms with Gasteiger partial charge in [0.05, 0.1) is 11.8 Å². The van der Waals surface area contributed by atoms with Crippen LogP contribution in [-0.4, -0.2) is 18.4 Å². The van der Waals surface area contributed by atoms with Gasteiger partial charge in [-0.15, -0.1) is 0 Å². The lowest BCUT2D eigenvalue weighted by Crippen LogP contribution is -2.30. The summed E-state index contributed by atoms with van der Waals surface area (Å²) < 4.78 is 0. The molecule has 0 aromatic heterocycles. The van der Waals surface area contributed by atoms with Crippen LogP contribution in [0.4, 0.5) is 5.69 Å². The van der Waals surface area contributed by atoms with E-state index in [9.17, 15) is 9.59 Å². The molecule has 5 N–H and O–H groups in total. The number of nitrogens with two attached hydrogens (primary N) is 2. The minimum atomic E-state index is -0.369. The first-order valence-electron chi connectivity index (χ1n) is 5.94. The average Bonchev–Trinajstić information content (AvgIpc) is 3.12. The van der Waals surface area contributed by atoms with Crippen molar-refractivity contribution in [3.63, 3.8) is 0 Å². The third kappa shape index (κ3) is 2.68. The smallest absolute Gasteiger partial charge is 0.231 e. The summed E-state index contributed by atoms with van der Waals surface area (Å²) >= 11 is 0. The first-order chi connectivity index (χ1) is 8.55. The molecule has 0 atom stereocenters. The minimum Gasteiger partial charge on any atom is -0.369 e. The fraction of sp³-hybridized carbons (Fsp3) is 0.385. The number of anilines is 1. The molecule has 1 fully saturated rings. The number of primary amides is 1. The van der Waals surface area contributed by atoms with E-state index in [-0.39, 0.29) is 23.7 Å². The maximum absolute atomic E-state index is 11.9. The van der Waals surface area contributed by atoms with Crippen molar-refractivity contribution in [3.05, 3.63) is 29.8 Å². The van der Waals surface area contributed by atoms with Crippen molar-refractivity contribution < 1.29 is 9.59 Å². The zero-order valence-corrected chi connectivity index (χ0v) is 10.1. The van der Waals surface area contributed by atoms with Gasteiger partial charge in [0, 0.05) is 12.2 Å². The Morgan fingerprint density at radius 1 is 1.22 bits per heavy atom. The second kappa shape index (κ2) is 4.78. The van der Waals surface area contributed by atoms with Crippen LogP contribution in [0.5, 0.6) is 0 Å². The lowest BCUT2D eigenvalue weighted by Gasteiger charge is -2.12. The third-order valence-electron chi connectivity index (χ3n) is 3.32. The highest BCUT2D eigenvalue weighted by molar-refractivity contribution is 5.97. The van der Waals surface area contributed by atoms with Crippen LogP contribution in [0.1, 0.15) is 18.4 Å². The predicted octanol–water partition coefficient (Wildman–Crippen LogP) is 0.392. The molecule has 1 aliphatic carbocycles. The van der Waals surface area contributed by atoms with Crippen LogP contribution in [0, 0.1) is 5.41 Å². The number of nitrogens with one attached hydrogen (secondary N) is 1. The van der Waals surface area contributed by atoms with Crippen LogP contribution >= 0.6 is 0 Å². The molecule has 1 saturated carbocycles. The average molecular weight is 247 g/mol. The molecule has 0 aliphatic heterocycles. The molecule has 96 valence electrons. The van der Waals surface area contributed by atoms with Gasteiger partial charge in [-0.1, -0.05) is 12.1 Å². The summed E-state index contributed by atoms with van der Waals surface area (Å²) in [4.78, 5) is 22.7. The molecule has 0 spiro atoms. The number of hydrogen-bond donors (Lipinski definition) is 3. The van der Waals surface area contributed by atoms with Crippen molar-refractivity contribution in [2.75, 3.05) is 11.9 Å². The molecular weight excluding hydrogens is 230 g/mol. The normalized spacial score (nSPS) is 16.1. The highest BCUT2D eigenvalue weighted by Crippen LogP contribution is 2.45. The van der Waals surface area contributed by atoms with E-state index >= 15 is 0 Å². The van der Waals surface area contributed by atoms with Gasteiger partial charge in [-0.3, -0.25) is 9.59 Å². The molecule has 5 nitrogen and oxygen atoms in total. The Hall–Kier alpha value is -1.88. The van der Waals surface area contributed by atoms with Crippen molar-refractivity contribution in [1.29, 1.82) is 0 Å². The summed E-state index contributed by atoms with van der Waals surface area (Å²) in [5, 5.41) is 2.84. The Kier molecular flexibility index (Phi) is 3.34. The summed E-state index contributed by atoms with van der Waals surface area (Å²) in [7, 11) is 0. The number of carbonyl (C=O) groups excluding carboxylic acids is 2. The van der Waals surface area contributed by atoms with E-state index < -0.39 is 0 Å². The summed E-state index contributed by atoms with van der Waals surface area (Å²) in [6.07, 6.45) is 1.92. The first-order valence-corrected chi connectivity index (χ1v) is 5.94. The van der Waals surface area contributed by atoms with Crippen LogP contribution in [-0.2, 0) is 16.0 Å². The molecule has 1 aromatic carbocycles. The van der Waals surface area contributed by atoms with Crippen LogP contribution < -0.4 is 16.8 Å². The van der Waals surface area contributed by atoms with Gasteiger partial charge in [0.25, 0.3) is 0 Å². The van der Waals surface area contributed by atoms with E-state index in [1.54, 1.807) is 24.3 Å². The van der Waals surface area contributed by atoms with Crippen LogP contribution in [0.2, 0.25) is 0 Å². The number of amides is 2. The summed E-state index contributed by atoms with van der Waals surface area (Å²) in [5.74, 6) is -0.389. The molecule has 0 radical (unpaired) electrons. The fourth-order valence-corrected chi connectivity index (χ4v) is 1.85. The molecule has 5 heteroatoms. The van der Waals surface area contributed by atoms with E-state index in [4.69, 9.17) is 11.5 Å². The van der Waals surface area contributed by atoms with E-state index in [2.05, 4.69) is 5.32 Å². The number of carbonyl (C=O) groups is 2. The molecule has 0 saturated heterocycles. The Labute approximate surface area is 106 Å². The van der Waals surface area contributed by atoms with Crippen molar-refractivity contribution >= 4 is 17.5 Å². The Balaban J connectivity index is 1.98. The second-order valence-electron chi connectivity index (χ2n) is 4.78. The highest BCUT2D eigenvalue weighted by Gasteiger charge is 2.48. The van der Waals surface area contributed by atoms with Crippen molar-refractivity contribution in [2.24, 2.45) is 16.9 Å². The van der Waals surface area contributed by atoms with Gasteiger partial charge in [0.15, 0.2) is 0 Å². The Bertz CT molecular complexity index is 464. The monoisotopic (exact) mass is 247 g/mol. The zero-order chi connectivity index (χ0) is 13.2. The second-order valence-corrected chi connectivity index (χ2v) is 4.78. The van der Waals surface area contributed by atoms with E-state index in [0.717, 1.165) is 18.4 Å². The molecule has 2 rings (SSSR count). The SMILES string of the molecule is NCC1(C(=O)Nc2ccc(CC(N)=O)cc2)CC1. The first kappa shape index (κ1) is 12.6. The van der Waals surface area contributed by atoms with Crippen LogP contribution in [0.25, 0.3) is 0 Å². The predicted molar refractivity (Wildman–Crippen MR) is 68.7 cm³/mol. The third-order valence-corrected chi connectivity index (χ3v) is 3.32. The molecule has 1 aliphatic rings. The molecule has 18 heavy (non-hydrogen) atoms. The lowest BCUT2D eigenvalue weighted by molar-refractivity contribution is -0.121. The Morgan fingerprint density at radius 2 is 1.83 bits per heavy atom. The molecule has 0 bridgehead atoms. The number of rotatable bonds is 5. The summed E-state index contributed by atoms with van der Waals surface area (Å²) in [6, 6.07) is 7.09. The molecule has 0 heterocycles. The Morgan fingerprint density at radius 3 is 2.28 bits per heavy atom. The summed E-state index contributed by atoms with van der Waals surface area (Å²) in [5.41, 5.74) is 11.9. The quantitative estimate of drug-likeness (QED) is 0.702. The topological polar surface area (TPSA) is 98.2 Å². The number of benzene rings is 1. The van der Waals surface area contributed by atoms with Gasteiger partial charge in [0.1, 0.15) is 0 Å². The maximum atomic E-state index is 11.9. The fourth-order valence-electron chi connectivity index (χ4n) is 1.85. The van der Waals surface area contributed by atoms with Gasteiger partial charge >= 0.3 is 0 Å². The number of hydrogen-bond acceptors (Lipinski definition) is 3. The van der Waals surface area contributed by atoms with Crippen LogP contribution in [0.15, 0.2) is 24.3 Å². The van der Waals surface area contributed by atoms with Crippen molar-refractivity contribution in [3.8, 4) is 0 Å². The van der Waals surface area contributed by atoms with Crippen molar-refractivity contribution in [1.82, 2.24) is 0 Å². The lowest BCUT2D eigenvalue weighted by atomic mass is 10.1. The molecule has 2 amide bonds. The standard InChI is InChI=1S/C13H17N3O2/c14-8-13(5-6-13)12(18)16-10-3-1-9(2-4-10)7-11(15)17/h1-4H,5-8,14H2,(H2,15,17)(H,16,18). The van der Waals surface area contributed by atoms with Crippen LogP contribution in [0.3, 0.4) is 0 Å². The molecule has 0 unspecified atom stereocenters.